The first-order chi connectivity index (χ1) is 7.47. The molecular weight excluding hydrogens is 190 g/mol. The van der Waals surface area contributed by atoms with Gasteiger partial charge in [0.1, 0.15) is 5.52 Å². The average Bonchev–Trinajstić information content (AvgIpc) is 2.80. The minimum atomic E-state index is 0.845. The Bertz CT molecular complexity index is 354. The maximum atomic E-state index is 5.07. The average molecular weight is 205 g/mol. The number of rotatable bonds is 0. The van der Waals surface area contributed by atoms with Gasteiger partial charge in [0.05, 0.1) is 0 Å². The van der Waals surface area contributed by atoms with E-state index in [1.54, 1.807) is 12.4 Å². The molecule has 4 heteroatoms. The highest BCUT2D eigenvalue weighted by atomic mass is 16.5. The molecule has 0 unspecified atom stereocenters. The quantitative estimate of drug-likeness (QED) is 0.717. The van der Waals surface area contributed by atoms with Crippen LogP contribution in [0.3, 0.4) is 0 Å². The van der Waals surface area contributed by atoms with Crippen LogP contribution in [-0.2, 0) is 4.74 Å². The van der Waals surface area contributed by atoms with Gasteiger partial charge >= 0.3 is 0 Å². The van der Waals surface area contributed by atoms with Gasteiger partial charge < -0.3 is 9.72 Å². The molecule has 3 rings (SSSR count). The van der Waals surface area contributed by atoms with Crippen LogP contribution in [0, 0.1) is 0 Å². The van der Waals surface area contributed by atoms with E-state index in [9.17, 15) is 0 Å². The summed E-state index contributed by atoms with van der Waals surface area (Å²) >= 11 is 0. The number of hydrogen-bond donors (Lipinski definition) is 1. The minimum absolute atomic E-state index is 0.845. The molecule has 80 valence electrons. The topological polar surface area (TPSA) is 50.8 Å². The molecule has 0 aliphatic carbocycles. The Morgan fingerprint density at radius 2 is 1.87 bits per heavy atom. The number of H-pyrrole nitrogens is 1. The number of nitrogens with zero attached hydrogens (tertiary/aromatic N) is 2. The largest absolute Gasteiger partial charge is 0.381 e. The standard InChI is InChI=1S/C6H5N3.C5H10O/c1-2-8-6-5(1)7-3-4-9-6;1-2-4-6-5-3-1/h1-4H,(H,8,9);1-5H2. The van der Waals surface area contributed by atoms with Crippen molar-refractivity contribution in [3.8, 4) is 0 Å². The Hall–Kier alpha value is -1.42. The van der Waals surface area contributed by atoms with E-state index >= 15 is 0 Å². The van der Waals surface area contributed by atoms with E-state index in [1.807, 2.05) is 12.3 Å². The first kappa shape index (κ1) is 10.1. The predicted octanol–water partition coefficient (Wildman–Crippen LogP) is 2.14. The van der Waals surface area contributed by atoms with E-state index in [2.05, 4.69) is 15.0 Å². The van der Waals surface area contributed by atoms with Crippen LogP contribution in [0.25, 0.3) is 11.2 Å². The number of nitrogens with one attached hydrogen (secondary N) is 1. The molecule has 0 aromatic carbocycles. The Morgan fingerprint density at radius 1 is 1.07 bits per heavy atom. The monoisotopic (exact) mass is 205 g/mol. The van der Waals surface area contributed by atoms with Crippen molar-refractivity contribution in [2.45, 2.75) is 19.3 Å². The third kappa shape index (κ3) is 3.02. The second-order valence-corrected chi connectivity index (χ2v) is 3.44. The van der Waals surface area contributed by atoms with Crippen LogP contribution in [0.15, 0.2) is 24.7 Å². The van der Waals surface area contributed by atoms with Gasteiger partial charge in [-0.1, -0.05) is 0 Å². The molecule has 2 aromatic heterocycles. The lowest BCUT2D eigenvalue weighted by Crippen LogP contribution is -2.03. The molecule has 4 nitrogen and oxygen atoms in total. The van der Waals surface area contributed by atoms with E-state index in [0.717, 1.165) is 24.4 Å². The van der Waals surface area contributed by atoms with E-state index in [-0.39, 0.29) is 0 Å². The summed E-state index contributed by atoms with van der Waals surface area (Å²) in [7, 11) is 0. The van der Waals surface area contributed by atoms with Crippen molar-refractivity contribution in [1.29, 1.82) is 0 Å². The Labute approximate surface area is 88.7 Å². The molecule has 0 saturated carbocycles. The highest BCUT2D eigenvalue weighted by molar-refractivity contribution is 5.69. The summed E-state index contributed by atoms with van der Waals surface area (Å²) in [4.78, 5) is 11.0. The molecule has 1 N–H and O–H groups in total. The Balaban J connectivity index is 0.000000124. The van der Waals surface area contributed by atoms with Crippen LogP contribution in [0.1, 0.15) is 19.3 Å². The maximum absolute atomic E-state index is 5.07. The number of fused-ring (bicyclic) bond motifs is 1. The minimum Gasteiger partial charge on any atom is -0.381 e. The summed E-state index contributed by atoms with van der Waals surface area (Å²) in [5.74, 6) is 0. The van der Waals surface area contributed by atoms with Crippen molar-refractivity contribution in [2.75, 3.05) is 13.2 Å². The second-order valence-electron chi connectivity index (χ2n) is 3.44. The van der Waals surface area contributed by atoms with Crippen molar-refractivity contribution < 1.29 is 4.74 Å². The van der Waals surface area contributed by atoms with Crippen molar-refractivity contribution in [3.63, 3.8) is 0 Å². The third-order valence-electron chi connectivity index (χ3n) is 2.27. The fourth-order valence-corrected chi connectivity index (χ4v) is 1.47. The van der Waals surface area contributed by atoms with Crippen LogP contribution in [0.5, 0.6) is 0 Å². The molecule has 1 fully saturated rings. The van der Waals surface area contributed by atoms with Crippen LogP contribution in [0.4, 0.5) is 0 Å². The van der Waals surface area contributed by atoms with Crippen molar-refractivity contribution in [1.82, 2.24) is 15.0 Å². The van der Waals surface area contributed by atoms with Crippen molar-refractivity contribution in [3.05, 3.63) is 24.7 Å². The van der Waals surface area contributed by atoms with Gasteiger partial charge in [0, 0.05) is 31.8 Å². The Kier molecular flexibility index (Phi) is 3.68. The molecule has 0 spiro atoms. The number of aromatic amines is 1. The van der Waals surface area contributed by atoms with Gasteiger partial charge in [0.25, 0.3) is 0 Å². The summed E-state index contributed by atoms with van der Waals surface area (Å²) < 4.78 is 5.07. The zero-order valence-corrected chi connectivity index (χ0v) is 8.65. The van der Waals surface area contributed by atoms with E-state index in [1.165, 1.54) is 19.3 Å². The zero-order valence-electron chi connectivity index (χ0n) is 8.65. The van der Waals surface area contributed by atoms with Crippen molar-refractivity contribution >= 4 is 11.2 Å². The fraction of sp³-hybridized carbons (Fsp3) is 0.455. The third-order valence-corrected chi connectivity index (χ3v) is 2.27. The highest BCUT2D eigenvalue weighted by Gasteiger charge is 1.95. The molecule has 1 aliphatic rings. The summed E-state index contributed by atoms with van der Waals surface area (Å²) in [6, 6.07) is 1.89. The SMILES string of the molecule is C1CCOCC1.c1cnc2[nH]ccc2n1. The van der Waals surface area contributed by atoms with E-state index in [4.69, 9.17) is 4.74 Å². The normalized spacial score (nSPS) is 15.7. The molecule has 0 bridgehead atoms. The van der Waals surface area contributed by atoms with Gasteiger partial charge in [-0.2, -0.15) is 0 Å². The van der Waals surface area contributed by atoms with Gasteiger partial charge in [0.15, 0.2) is 5.65 Å². The lowest BCUT2D eigenvalue weighted by molar-refractivity contribution is 0.0968. The lowest BCUT2D eigenvalue weighted by atomic mass is 10.2. The van der Waals surface area contributed by atoms with Crippen LogP contribution in [0.2, 0.25) is 0 Å². The first-order valence-electron chi connectivity index (χ1n) is 5.28. The Morgan fingerprint density at radius 3 is 2.47 bits per heavy atom. The van der Waals surface area contributed by atoms with Gasteiger partial charge in [-0.3, -0.25) is 4.98 Å². The molecule has 3 heterocycles. The van der Waals surface area contributed by atoms with E-state index in [0.29, 0.717) is 0 Å². The zero-order chi connectivity index (χ0) is 10.3. The molecule has 1 saturated heterocycles. The van der Waals surface area contributed by atoms with Gasteiger partial charge in [0.2, 0.25) is 0 Å². The molecule has 15 heavy (non-hydrogen) atoms. The number of aromatic nitrogens is 3. The molecule has 0 atom stereocenters. The van der Waals surface area contributed by atoms with Crippen LogP contribution < -0.4 is 0 Å². The van der Waals surface area contributed by atoms with Gasteiger partial charge in [-0.15, -0.1) is 0 Å². The van der Waals surface area contributed by atoms with Gasteiger partial charge in [-0.25, -0.2) is 4.98 Å². The smallest absolute Gasteiger partial charge is 0.155 e. The lowest BCUT2D eigenvalue weighted by Gasteiger charge is -2.08. The predicted molar refractivity (Wildman–Crippen MR) is 58.6 cm³/mol. The van der Waals surface area contributed by atoms with Crippen LogP contribution >= 0.6 is 0 Å². The summed E-state index contributed by atoms with van der Waals surface area (Å²) in [6.07, 6.45) is 9.10. The van der Waals surface area contributed by atoms with Gasteiger partial charge in [-0.05, 0) is 25.3 Å². The number of hydrogen-bond acceptors (Lipinski definition) is 3. The molecule has 0 radical (unpaired) electrons. The van der Waals surface area contributed by atoms with Crippen molar-refractivity contribution in [2.24, 2.45) is 0 Å². The van der Waals surface area contributed by atoms with Crippen LogP contribution in [-0.4, -0.2) is 28.2 Å². The second kappa shape index (κ2) is 5.46. The maximum Gasteiger partial charge on any atom is 0.155 e. The highest BCUT2D eigenvalue weighted by Crippen LogP contribution is 2.02. The summed E-state index contributed by atoms with van der Waals surface area (Å²) in [5, 5.41) is 0. The molecule has 1 aliphatic heterocycles. The fourth-order valence-electron chi connectivity index (χ4n) is 1.47. The molecule has 2 aromatic rings. The molecule has 0 amide bonds. The first-order valence-corrected chi connectivity index (χ1v) is 5.28. The summed E-state index contributed by atoms with van der Waals surface area (Å²) in [5.41, 5.74) is 1.76. The summed E-state index contributed by atoms with van der Waals surface area (Å²) in [6.45, 7) is 2.00. The number of ether oxygens (including phenoxy) is 1. The molecular formula is C11H15N3O. The van der Waals surface area contributed by atoms with E-state index < -0.39 is 0 Å².